The van der Waals surface area contributed by atoms with Crippen molar-refractivity contribution >= 4 is 17.4 Å². The molecule has 8 nitrogen and oxygen atoms in total. The second-order valence-electron chi connectivity index (χ2n) is 10.4. The van der Waals surface area contributed by atoms with Gasteiger partial charge in [-0.1, -0.05) is 29.8 Å². The third kappa shape index (κ3) is 5.37. The van der Waals surface area contributed by atoms with Gasteiger partial charge in [0.15, 0.2) is 28.8 Å². The number of phenols is 1. The summed E-state index contributed by atoms with van der Waals surface area (Å²) in [7, 11) is 4.65. The van der Waals surface area contributed by atoms with E-state index in [0.29, 0.717) is 46.0 Å². The van der Waals surface area contributed by atoms with Gasteiger partial charge in [0.1, 0.15) is 0 Å². The van der Waals surface area contributed by atoms with Crippen molar-refractivity contribution in [3.63, 3.8) is 0 Å². The number of ketones is 1. The summed E-state index contributed by atoms with van der Waals surface area (Å²) >= 11 is 0. The molecular weight excluding hydrogens is 520 g/mol. The van der Waals surface area contributed by atoms with Gasteiger partial charge >= 0.3 is 0 Å². The van der Waals surface area contributed by atoms with Crippen LogP contribution < -0.4 is 24.8 Å². The topological polar surface area (TPSA) is 106 Å². The van der Waals surface area contributed by atoms with Crippen LogP contribution in [0.3, 0.4) is 0 Å². The highest BCUT2D eigenvalue weighted by Crippen LogP contribution is 2.47. The predicted octanol–water partition coefficient (Wildman–Crippen LogP) is 5.73. The van der Waals surface area contributed by atoms with E-state index in [0.717, 1.165) is 16.8 Å². The molecule has 5 rings (SSSR count). The molecule has 0 saturated carbocycles. The number of amides is 1. The van der Waals surface area contributed by atoms with Gasteiger partial charge in [-0.2, -0.15) is 0 Å². The smallest absolute Gasteiger partial charge is 0.254 e. The number of benzene rings is 3. The fraction of sp³-hybridized carbons (Fsp3) is 0.273. The minimum absolute atomic E-state index is 0.0192. The summed E-state index contributed by atoms with van der Waals surface area (Å²) in [5.41, 5.74) is 5.82. The third-order valence-corrected chi connectivity index (χ3v) is 7.80. The molecular formula is C33H34N2O6. The first-order valence-corrected chi connectivity index (χ1v) is 13.4. The summed E-state index contributed by atoms with van der Waals surface area (Å²) in [5, 5.41) is 16.7. The SMILES string of the molecule is COc1cc([C@@H]2C(C(=O)Nc3ccc(C)cc3)=C(C)NC3=C2C(=O)C[C@@H](c2ccc(OC)c(OC)c2)C3)ccc1O. The Balaban J connectivity index is 1.57. The molecule has 0 radical (unpaired) electrons. The number of phenolic OH excluding ortho intramolecular Hbond substituents is 1. The van der Waals surface area contributed by atoms with E-state index in [9.17, 15) is 14.7 Å². The average Bonchev–Trinajstić information content (AvgIpc) is 2.97. The number of dihydropyridines is 1. The fourth-order valence-corrected chi connectivity index (χ4v) is 5.72. The molecule has 1 heterocycles. The molecule has 2 aliphatic rings. The molecule has 0 saturated heterocycles. The third-order valence-electron chi connectivity index (χ3n) is 7.80. The molecule has 1 aliphatic carbocycles. The molecule has 8 heteroatoms. The fourth-order valence-electron chi connectivity index (χ4n) is 5.72. The summed E-state index contributed by atoms with van der Waals surface area (Å²) in [4.78, 5) is 27.8. The van der Waals surface area contributed by atoms with Crippen LogP contribution in [-0.2, 0) is 9.59 Å². The number of carbonyl (C=O) groups excluding carboxylic acids is 2. The largest absolute Gasteiger partial charge is 0.504 e. The Bertz CT molecular complexity index is 1570. The molecule has 0 aromatic heterocycles. The van der Waals surface area contributed by atoms with Crippen molar-refractivity contribution in [1.29, 1.82) is 0 Å². The number of methoxy groups -OCH3 is 3. The number of anilines is 1. The van der Waals surface area contributed by atoms with Gasteiger partial charge in [0.05, 0.1) is 21.3 Å². The number of carbonyl (C=O) groups is 2. The van der Waals surface area contributed by atoms with Crippen LogP contribution in [0.4, 0.5) is 5.69 Å². The Morgan fingerprint density at radius 1 is 0.854 bits per heavy atom. The summed E-state index contributed by atoms with van der Waals surface area (Å²) < 4.78 is 16.3. The summed E-state index contributed by atoms with van der Waals surface area (Å²) in [6.07, 6.45) is 0.847. The second-order valence-corrected chi connectivity index (χ2v) is 10.4. The van der Waals surface area contributed by atoms with E-state index in [1.807, 2.05) is 56.3 Å². The molecule has 3 aromatic rings. The zero-order chi connectivity index (χ0) is 29.3. The lowest BCUT2D eigenvalue weighted by Crippen LogP contribution is -2.37. The van der Waals surface area contributed by atoms with Gasteiger partial charge in [0.25, 0.3) is 5.91 Å². The van der Waals surface area contributed by atoms with Crippen LogP contribution in [0.2, 0.25) is 0 Å². The van der Waals surface area contributed by atoms with Gasteiger partial charge in [-0.25, -0.2) is 0 Å². The van der Waals surface area contributed by atoms with Gasteiger partial charge in [0.2, 0.25) is 0 Å². The van der Waals surface area contributed by atoms with E-state index >= 15 is 0 Å². The van der Waals surface area contributed by atoms with Crippen LogP contribution in [0, 0.1) is 6.92 Å². The lowest BCUT2D eigenvalue weighted by molar-refractivity contribution is -0.116. The molecule has 1 amide bonds. The van der Waals surface area contributed by atoms with Crippen molar-refractivity contribution < 1.29 is 28.9 Å². The number of allylic oxidation sites excluding steroid dienone is 3. The first-order valence-electron chi connectivity index (χ1n) is 13.4. The Morgan fingerprint density at radius 2 is 1.51 bits per heavy atom. The van der Waals surface area contributed by atoms with E-state index in [4.69, 9.17) is 14.2 Å². The number of nitrogens with one attached hydrogen (secondary N) is 2. The maximum absolute atomic E-state index is 14.0. The van der Waals surface area contributed by atoms with Gasteiger partial charge in [0, 0.05) is 40.6 Å². The molecule has 3 aromatic carbocycles. The molecule has 0 spiro atoms. The van der Waals surface area contributed by atoms with Crippen molar-refractivity contribution in [3.05, 3.63) is 99.9 Å². The van der Waals surface area contributed by atoms with Crippen molar-refractivity contribution in [3.8, 4) is 23.0 Å². The van der Waals surface area contributed by atoms with E-state index in [1.165, 1.54) is 13.2 Å². The highest BCUT2D eigenvalue weighted by molar-refractivity contribution is 6.10. The van der Waals surface area contributed by atoms with Gasteiger partial charge in [-0.15, -0.1) is 0 Å². The maximum atomic E-state index is 14.0. The van der Waals surface area contributed by atoms with E-state index < -0.39 is 5.92 Å². The van der Waals surface area contributed by atoms with Crippen LogP contribution in [-0.4, -0.2) is 38.1 Å². The summed E-state index contributed by atoms with van der Waals surface area (Å²) in [6, 6.07) is 18.2. The summed E-state index contributed by atoms with van der Waals surface area (Å²) in [5.74, 6) is 0.387. The van der Waals surface area contributed by atoms with E-state index in [2.05, 4.69) is 10.6 Å². The number of aryl methyl sites for hydroxylation is 1. The number of Topliss-reactive ketones (excluding diaryl/α,β-unsaturated/α-hetero) is 1. The Hall–Kier alpha value is -4.72. The Labute approximate surface area is 239 Å². The van der Waals surface area contributed by atoms with Gasteiger partial charge in [-0.05, 0) is 73.7 Å². The van der Waals surface area contributed by atoms with Crippen molar-refractivity contribution in [2.24, 2.45) is 0 Å². The monoisotopic (exact) mass is 554 g/mol. The molecule has 41 heavy (non-hydrogen) atoms. The molecule has 2 atom stereocenters. The number of aromatic hydroxyl groups is 1. The molecule has 212 valence electrons. The van der Waals surface area contributed by atoms with Crippen LogP contribution in [0.25, 0.3) is 0 Å². The number of ether oxygens (including phenoxy) is 3. The molecule has 0 bridgehead atoms. The van der Waals surface area contributed by atoms with E-state index in [-0.39, 0.29) is 35.5 Å². The quantitative estimate of drug-likeness (QED) is 0.343. The Morgan fingerprint density at radius 3 is 2.20 bits per heavy atom. The normalized spacial score (nSPS) is 18.4. The van der Waals surface area contributed by atoms with Crippen molar-refractivity contribution in [2.45, 2.75) is 38.5 Å². The zero-order valence-electron chi connectivity index (χ0n) is 23.8. The second kappa shape index (κ2) is 11.4. The van der Waals surface area contributed by atoms with E-state index in [1.54, 1.807) is 26.4 Å². The van der Waals surface area contributed by atoms with Crippen LogP contribution in [0.5, 0.6) is 23.0 Å². The average molecular weight is 555 g/mol. The molecule has 0 fully saturated rings. The first-order chi connectivity index (χ1) is 19.7. The number of hydrogen-bond donors (Lipinski definition) is 3. The minimum Gasteiger partial charge on any atom is -0.504 e. The van der Waals surface area contributed by atoms with Crippen molar-refractivity contribution in [1.82, 2.24) is 5.32 Å². The first kappa shape index (κ1) is 27.8. The van der Waals surface area contributed by atoms with Gasteiger partial charge < -0.3 is 30.0 Å². The zero-order valence-corrected chi connectivity index (χ0v) is 23.8. The summed E-state index contributed by atoms with van der Waals surface area (Å²) in [6.45, 7) is 3.83. The Kier molecular flexibility index (Phi) is 7.75. The highest BCUT2D eigenvalue weighted by atomic mass is 16.5. The molecule has 3 N–H and O–H groups in total. The number of hydrogen-bond acceptors (Lipinski definition) is 7. The standard InChI is InChI=1S/C33H34N2O6/c1-18-6-10-23(11-7-18)35-33(38)30-19(2)34-24-14-22(20-9-13-27(39-3)29(16-20)41-5)15-26(37)32(24)31(30)21-8-12-25(36)28(17-21)40-4/h6-13,16-17,22,31,34,36H,14-15H2,1-5H3,(H,35,38)/t22-,31+/m0/s1. The van der Waals surface area contributed by atoms with Crippen molar-refractivity contribution in [2.75, 3.05) is 26.6 Å². The maximum Gasteiger partial charge on any atom is 0.254 e. The number of rotatable bonds is 7. The van der Waals surface area contributed by atoms with Crippen LogP contribution in [0.1, 0.15) is 48.3 Å². The van der Waals surface area contributed by atoms with Crippen LogP contribution >= 0.6 is 0 Å². The lowest BCUT2D eigenvalue weighted by Gasteiger charge is -2.37. The molecule has 1 aliphatic heterocycles. The molecule has 0 unspecified atom stereocenters. The minimum atomic E-state index is -0.648. The predicted molar refractivity (Wildman–Crippen MR) is 157 cm³/mol. The lowest BCUT2D eigenvalue weighted by atomic mass is 9.71. The van der Waals surface area contributed by atoms with Crippen LogP contribution in [0.15, 0.2) is 83.2 Å². The highest BCUT2D eigenvalue weighted by Gasteiger charge is 2.41. The van der Waals surface area contributed by atoms with Gasteiger partial charge in [-0.3, -0.25) is 9.59 Å².